The third-order valence-corrected chi connectivity index (χ3v) is 2.45. The predicted octanol–water partition coefficient (Wildman–Crippen LogP) is 1.67. The minimum absolute atomic E-state index is 0. The van der Waals surface area contributed by atoms with E-state index in [0.29, 0.717) is 0 Å². The van der Waals surface area contributed by atoms with E-state index in [4.69, 9.17) is 0 Å². The van der Waals surface area contributed by atoms with Gasteiger partial charge in [-0.25, -0.2) is 0 Å². The van der Waals surface area contributed by atoms with Crippen LogP contribution >= 0.6 is 0 Å². The van der Waals surface area contributed by atoms with Gasteiger partial charge in [0.15, 0.2) is 5.92 Å². The fourth-order valence-corrected chi connectivity index (χ4v) is 1.48. The first-order chi connectivity index (χ1) is 8.69. The van der Waals surface area contributed by atoms with Crippen LogP contribution in [0.3, 0.4) is 0 Å². The van der Waals surface area contributed by atoms with Crippen molar-refractivity contribution in [1.29, 1.82) is 0 Å². The van der Waals surface area contributed by atoms with E-state index in [-0.39, 0.29) is 14.8 Å². The molecule has 5 heteroatoms. The molecule has 0 spiro atoms. The van der Waals surface area contributed by atoms with E-state index in [1.165, 1.54) is 14.2 Å². The van der Waals surface area contributed by atoms with Gasteiger partial charge in [0.1, 0.15) is 0 Å². The number of hydrogen-bond donors (Lipinski definition) is 0. The lowest BCUT2D eigenvalue weighted by molar-refractivity contribution is -0.158. The number of esters is 2. The van der Waals surface area contributed by atoms with Crippen LogP contribution in [0.5, 0.6) is 0 Å². The quantitative estimate of drug-likeness (QED) is 0.458. The number of rotatable bonds is 5. The Balaban J connectivity index is 0.00000324. The van der Waals surface area contributed by atoms with Crippen LogP contribution < -0.4 is 0 Å². The minimum Gasteiger partial charge on any atom is -0.468 e. The lowest BCUT2D eigenvalue weighted by Gasteiger charge is -2.09. The van der Waals surface area contributed by atoms with Crippen molar-refractivity contribution in [3.8, 4) is 0 Å². The molecule has 0 aliphatic heterocycles. The van der Waals surface area contributed by atoms with Crippen molar-refractivity contribution >= 4 is 26.4 Å². The van der Waals surface area contributed by atoms with Crippen molar-refractivity contribution in [2.24, 2.45) is 5.92 Å². The Labute approximate surface area is 115 Å². The number of methoxy groups -OCH3 is 2. The molecule has 99 valence electrons. The maximum absolute atomic E-state index is 11.4. The molecule has 0 aliphatic rings. The van der Waals surface area contributed by atoms with Crippen molar-refractivity contribution in [3.63, 3.8) is 0 Å². The van der Waals surface area contributed by atoms with Gasteiger partial charge in [0, 0.05) is 8.41 Å². The predicted molar refractivity (Wildman–Crippen MR) is 73.4 cm³/mol. The molecular formula is C14H16BO4. The zero-order valence-electron chi connectivity index (χ0n) is 11.0. The van der Waals surface area contributed by atoms with Crippen LogP contribution in [0.1, 0.15) is 12.0 Å². The van der Waals surface area contributed by atoms with E-state index in [2.05, 4.69) is 9.47 Å². The number of allylic oxidation sites excluding steroid dienone is 1. The molecule has 0 heterocycles. The molecular weight excluding hydrogens is 243 g/mol. The van der Waals surface area contributed by atoms with Gasteiger partial charge in [-0.3, -0.25) is 9.59 Å². The molecule has 4 nitrogen and oxygen atoms in total. The third kappa shape index (κ3) is 5.42. The van der Waals surface area contributed by atoms with Crippen molar-refractivity contribution in [3.05, 3.63) is 42.0 Å². The summed E-state index contributed by atoms with van der Waals surface area (Å²) in [5.41, 5.74) is 1.01. The minimum atomic E-state index is -0.903. The molecule has 0 saturated carbocycles. The SMILES string of the molecule is COC(=O)C(C/C=C/c1ccccc1)C(=O)OC.[B]. The summed E-state index contributed by atoms with van der Waals surface area (Å²) in [5, 5.41) is 0. The van der Waals surface area contributed by atoms with Crippen LogP contribution in [0.25, 0.3) is 6.08 Å². The summed E-state index contributed by atoms with van der Waals surface area (Å²) >= 11 is 0. The number of ether oxygens (including phenoxy) is 2. The van der Waals surface area contributed by atoms with E-state index >= 15 is 0 Å². The molecule has 0 unspecified atom stereocenters. The molecule has 3 radical (unpaired) electrons. The monoisotopic (exact) mass is 259 g/mol. The maximum atomic E-state index is 11.4. The number of hydrogen-bond acceptors (Lipinski definition) is 4. The highest BCUT2D eigenvalue weighted by molar-refractivity contribution is 5.95. The average Bonchev–Trinajstić information content (AvgIpc) is 2.43. The van der Waals surface area contributed by atoms with E-state index in [0.717, 1.165) is 5.56 Å². The van der Waals surface area contributed by atoms with Crippen LogP contribution in [-0.2, 0) is 19.1 Å². The fraction of sp³-hybridized carbons (Fsp3) is 0.286. The Morgan fingerprint density at radius 3 is 2.11 bits per heavy atom. The van der Waals surface area contributed by atoms with Crippen LogP contribution in [-0.4, -0.2) is 34.6 Å². The summed E-state index contributed by atoms with van der Waals surface area (Å²) in [7, 11) is 2.50. The van der Waals surface area contributed by atoms with Gasteiger partial charge in [-0.1, -0.05) is 42.5 Å². The van der Waals surface area contributed by atoms with E-state index in [1.54, 1.807) is 6.08 Å². The molecule has 0 amide bonds. The van der Waals surface area contributed by atoms with Crippen LogP contribution in [0.15, 0.2) is 36.4 Å². The van der Waals surface area contributed by atoms with Crippen LogP contribution in [0, 0.1) is 5.92 Å². The molecule has 0 aromatic heterocycles. The lowest BCUT2D eigenvalue weighted by atomic mass is 10.0. The molecule has 0 aliphatic carbocycles. The zero-order valence-corrected chi connectivity index (χ0v) is 11.0. The van der Waals surface area contributed by atoms with Crippen molar-refractivity contribution in [2.75, 3.05) is 14.2 Å². The molecule has 0 atom stereocenters. The van der Waals surface area contributed by atoms with Gasteiger partial charge in [0.25, 0.3) is 0 Å². The molecule has 0 N–H and O–H groups in total. The largest absolute Gasteiger partial charge is 0.468 e. The summed E-state index contributed by atoms with van der Waals surface area (Å²) in [6.07, 6.45) is 3.86. The number of carbonyl (C=O) groups excluding carboxylic acids is 2. The molecule has 19 heavy (non-hydrogen) atoms. The molecule has 1 aromatic carbocycles. The smallest absolute Gasteiger partial charge is 0.320 e. The van der Waals surface area contributed by atoms with Gasteiger partial charge < -0.3 is 9.47 Å². The van der Waals surface area contributed by atoms with Crippen LogP contribution in [0.2, 0.25) is 0 Å². The highest BCUT2D eigenvalue weighted by Gasteiger charge is 2.26. The first kappa shape index (κ1) is 17.0. The first-order valence-electron chi connectivity index (χ1n) is 5.56. The highest BCUT2D eigenvalue weighted by atomic mass is 16.5. The zero-order chi connectivity index (χ0) is 13.4. The second kappa shape index (κ2) is 8.97. The van der Waals surface area contributed by atoms with Crippen molar-refractivity contribution in [1.82, 2.24) is 0 Å². The van der Waals surface area contributed by atoms with E-state index in [9.17, 15) is 9.59 Å². The van der Waals surface area contributed by atoms with Gasteiger partial charge in [-0.2, -0.15) is 0 Å². The van der Waals surface area contributed by atoms with E-state index in [1.807, 2.05) is 36.4 Å². The summed E-state index contributed by atoms with van der Waals surface area (Å²) in [4.78, 5) is 22.8. The summed E-state index contributed by atoms with van der Waals surface area (Å²) in [5.74, 6) is -2.07. The van der Waals surface area contributed by atoms with Gasteiger partial charge in [0.2, 0.25) is 0 Å². The number of benzene rings is 1. The van der Waals surface area contributed by atoms with Crippen molar-refractivity contribution < 1.29 is 19.1 Å². The molecule has 1 rings (SSSR count). The van der Waals surface area contributed by atoms with Crippen molar-refractivity contribution in [2.45, 2.75) is 6.42 Å². The Kier molecular flexibility index (Phi) is 8.01. The molecule has 1 aromatic rings. The average molecular weight is 259 g/mol. The Hall–Kier alpha value is -2.04. The Bertz CT molecular complexity index is 412. The summed E-state index contributed by atoms with van der Waals surface area (Å²) in [6.45, 7) is 0. The lowest BCUT2D eigenvalue weighted by Crippen LogP contribution is -2.25. The Morgan fingerprint density at radius 2 is 1.63 bits per heavy atom. The normalized spacial score (nSPS) is 10.1. The summed E-state index contributed by atoms with van der Waals surface area (Å²) in [6, 6.07) is 9.61. The molecule has 0 saturated heterocycles. The second-order valence-corrected chi connectivity index (χ2v) is 3.65. The maximum Gasteiger partial charge on any atom is 0.320 e. The van der Waals surface area contributed by atoms with Gasteiger partial charge in [-0.05, 0) is 12.0 Å². The van der Waals surface area contributed by atoms with Gasteiger partial charge >= 0.3 is 11.9 Å². The Morgan fingerprint density at radius 1 is 1.11 bits per heavy atom. The topological polar surface area (TPSA) is 52.6 Å². The molecule has 0 fully saturated rings. The van der Waals surface area contributed by atoms with Gasteiger partial charge in [0.05, 0.1) is 14.2 Å². The summed E-state index contributed by atoms with van der Waals surface area (Å²) < 4.78 is 9.13. The standard InChI is InChI=1S/C14H16O4.B/c1-17-13(15)12(14(16)18-2)10-6-9-11-7-4-3-5-8-11;/h3-9,12H,10H2,1-2H3;/b9-6+;. The molecule has 0 bridgehead atoms. The first-order valence-corrected chi connectivity index (χ1v) is 5.56. The second-order valence-electron chi connectivity index (χ2n) is 3.65. The highest BCUT2D eigenvalue weighted by Crippen LogP contribution is 2.11. The fourth-order valence-electron chi connectivity index (χ4n) is 1.48. The van der Waals surface area contributed by atoms with E-state index < -0.39 is 17.9 Å². The number of carbonyl (C=O) groups is 2. The van der Waals surface area contributed by atoms with Gasteiger partial charge in [-0.15, -0.1) is 0 Å². The third-order valence-electron chi connectivity index (χ3n) is 2.45. The van der Waals surface area contributed by atoms with Crippen LogP contribution in [0.4, 0.5) is 0 Å².